The first-order valence-corrected chi connectivity index (χ1v) is 11.3. The van der Waals surface area contributed by atoms with Crippen LogP contribution in [-0.4, -0.2) is 78.6 Å². The Morgan fingerprint density at radius 2 is 1.36 bits per heavy atom. The second kappa shape index (κ2) is 6.30. The molecule has 0 radical (unpaired) electrons. The first-order chi connectivity index (χ1) is 13.6. The Labute approximate surface area is 167 Å². The van der Waals surface area contributed by atoms with Gasteiger partial charge in [-0.1, -0.05) is 0 Å². The monoisotopic (exact) mass is 391 g/mol. The Morgan fingerprint density at radius 3 is 1.96 bits per heavy atom. The molecule has 0 N–H and O–H groups in total. The molecule has 7 heteroatoms. The van der Waals surface area contributed by atoms with Crippen LogP contribution in [-0.2, 0) is 14.5 Å². The van der Waals surface area contributed by atoms with Crippen molar-refractivity contribution >= 4 is 6.03 Å². The maximum absolute atomic E-state index is 12.9. The number of carbonyl (C=O) groups is 1. The highest BCUT2D eigenvalue weighted by Gasteiger charge is 2.66. The van der Waals surface area contributed by atoms with Crippen LogP contribution in [0.15, 0.2) is 0 Å². The average Bonchev–Trinajstić information content (AvgIpc) is 3.06. The summed E-state index contributed by atoms with van der Waals surface area (Å²) in [7, 11) is 2.11. The number of rotatable bonds is 0. The summed E-state index contributed by atoms with van der Waals surface area (Å²) in [5.41, 5.74) is 0. The van der Waals surface area contributed by atoms with E-state index >= 15 is 0 Å². The molecular formula is C21H33N3O4. The third-order valence-corrected chi connectivity index (χ3v) is 8.52. The number of hydrogen-bond donors (Lipinski definition) is 0. The molecule has 7 fully saturated rings. The van der Waals surface area contributed by atoms with Crippen LogP contribution in [0.4, 0.5) is 4.79 Å². The first-order valence-electron chi connectivity index (χ1n) is 11.3. The lowest BCUT2D eigenvalue weighted by Gasteiger charge is -2.57. The molecular weight excluding hydrogens is 358 g/mol. The Morgan fingerprint density at radius 1 is 0.786 bits per heavy atom. The minimum Gasteiger partial charge on any atom is -0.324 e. The summed E-state index contributed by atoms with van der Waals surface area (Å²) in [5.74, 6) is 1.59. The highest BCUT2D eigenvalue weighted by atomic mass is 17.3. The molecule has 2 spiro atoms. The number of nitrogens with zero attached hydrogens (tertiary/aromatic N) is 3. The van der Waals surface area contributed by atoms with Gasteiger partial charge in [0.2, 0.25) is 11.6 Å². The fourth-order valence-electron chi connectivity index (χ4n) is 7.03. The van der Waals surface area contributed by atoms with Crippen LogP contribution in [0, 0.1) is 23.7 Å². The number of urea groups is 1. The number of carbonyl (C=O) groups excluding carboxylic acids is 1. The van der Waals surface area contributed by atoms with Crippen molar-refractivity contribution < 1.29 is 19.3 Å². The molecule has 0 aromatic carbocycles. The standard InChI is InChI=1S/C21H33N3O4/c1-22-6-8-24(9-7-22)19(25)23-4-2-20(3-5-23)26-21(28-27-20)17-11-15-10-16(13-17)14-18(21)12-15/h15-18H,2-14H2,1H3. The molecule has 3 saturated heterocycles. The predicted octanol–water partition coefficient (Wildman–Crippen LogP) is 2.28. The summed E-state index contributed by atoms with van der Waals surface area (Å²) in [4.78, 5) is 31.2. The van der Waals surface area contributed by atoms with Gasteiger partial charge in [-0.3, -0.25) is 0 Å². The molecule has 7 rings (SSSR count). The zero-order chi connectivity index (χ0) is 18.9. The van der Waals surface area contributed by atoms with E-state index in [4.69, 9.17) is 14.5 Å². The van der Waals surface area contributed by atoms with E-state index in [0.717, 1.165) is 38.0 Å². The Balaban J connectivity index is 1.11. The minimum atomic E-state index is -0.645. The lowest BCUT2D eigenvalue weighted by Crippen LogP contribution is -2.60. The van der Waals surface area contributed by atoms with Crippen molar-refractivity contribution in [3.05, 3.63) is 0 Å². The molecule has 0 aromatic rings. The fourth-order valence-corrected chi connectivity index (χ4v) is 7.03. The molecule has 28 heavy (non-hydrogen) atoms. The zero-order valence-corrected chi connectivity index (χ0v) is 17.0. The van der Waals surface area contributed by atoms with E-state index in [1.165, 1.54) is 32.1 Å². The van der Waals surface area contributed by atoms with Crippen LogP contribution in [0.2, 0.25) is 0 Å². The van der Waals surface area contributed by atoms with Crippen molar-refractivity contribution in [2.75, 3.05) is 46.3 Å². The predicted molar refractivity (Wildman–Crippen MR) is 101 cm³/mol. The van der Waals surface area contributed by atoms with Gasteiger partial charge in [0.25, 0.3) is 0 Å². The average molecular weight is 392 g/mol. The van der Waals surface area contributed by atoms with E-state index in [2.05, 4.69) is 11.9 Å². The third kappa shape index (κ3) is 2.66. The number of hydrogen-bond acceptors (Lipinski definition) is 5. The van der Waals surface area contributed by atoms with Crippen LogP contribution in [0.25, 0.3) is 0 Å². The largest absolute Gasteiger partial charge is 0.324 e. The summed E-state index contributed by atoms with van der Waals surface area (Å²) < 4.78 is 6.74. The molecule has 4 saturated carbocycles. The minimum absolute atomic E-state index is 0.172. The van der Waals surface area contributed by atoms with E-state index in [0.29, 0.717) is 37.8 Å². The van der Waals surface area contributed by atoms with E-state index in [9.17, 15) is 4.79 Å². The van der Waals surface area contributed by atoms with Crippen LogP contribution >= 0.6 is 0 Å². The summed E-state index contributed by atoms with van der Waals surface area (Å²) >= 11 is 0. The fraction of sp³-hybridized carbons (Fsp3) is 0.952. The van der Waals surface area contributed by atoms with Gasteiger partial charge in [-0.2, -0.15) is 9.78 Å². The SMILES string of the molecule is CN1CCN(C(=O)N2CCC3(CC2)OOC2(O3)C3CC4CC(C3)CC2C4)CC1. The topological polar surface area (TPSA) is 54.5 Å². The molecule has 4 aliphatic carbocycles. The number of piperidine rings is 1. The molecule has 0 atom stereocenters. The number of likely N-dealkylation sites (tertiary alicyclic amines) is 1. The third-order valence-electron chi connectivity index (χ3n) is 8.52. The second-order valence-corrected chi connectivity index (χ2v) is 10.3. The molecule has 7 aliphatic rings. The number of piperazine rings is 1. The quantitative estimate of drug-likeness (QED) is 0.593. The summed E-state index contributed by atoms with van der Waals surface area (Å²) in [6.07, 6.45) is 7.78. The van der Waals surface area contributed by atoms with Crippen LogP contribution in [0.1, 0.15) is 44.9 Å². The first kappa shape index (κ1) is 17.9. The van der Waals surface area contributed by atoms with E-state index in [1.54, 1.807) is 0 Å². The van der Waals surface area contributed by atoms with Gasteiger partial charge < -0.3 is 19.4 Å². The summed E-state index contributed by atoms with van der Waals surface area (Å²) in [5, 5.41) is 0. The molecule has 4 bridgehead atoms. The van der Waals surface area contributed by atoms with E-state index in [1.807, 2.05) is 9.80 Å². The highest BCUT2D eigenvalue weighted by Crippen LogP contribution is 2.63. The molecule has 7 nitrogen and oxygen atoms in total. The van der Waals surface area contributed by atoms with Gasteiger partial charge in [0, 0.05) is 63.9 Å². The molecule has 3 heterocycles. The van der Waals surface area contributed by atoms with Gasteiger partial charge in [-0.15, -0.1) is 0 Å². The lowest BCUT2D eigenvalue weighted by atomic mass is 9.53. The van der Waals surface area contributed by atoms with Crippen molar-refractivity contribution in [3.8, 4) is 0 Å². The number of ether oxygens (including phenoxy) is 1. The van der Waals surface area contributed by atoms with Crippen molar-refractivity contribution in [1.29, 1.82) is 0 Å². The zero-order valence-electron chi connectivity index (χ0n) is 17.0. The number of likely N-dealkylation sites (N-methyl/N-ethyl adjacent to an activating group) is 1. The second-order valence-electron chi connectivity index (χ2n) is 10.3. The van der Waals surface area contributed by atoms with Crippen molar-refractivity contribution in [2.45, 2.75) is 56.5 Å². The van der Waals surface area contributed by atoms with Gasteiger partial charge in [-0.05, 0) is 51.0 Å². The Kier molecular flexibility index (Phi) is 4.03. The van der Waals surface area contributed by atoms with Gasteiger partial charge in [0.1, 0.15) is 0 Å². The van der Waals surface area contributed by atoms with Crippen LogP contribution in [0.5, 0.6) is 0 Å². The summed E-state index contributed by atoms with van der Waals surface area (Å²) in [6.45, 7) is 4.92. The summed E-state index contributed by atoms with van der Waals surface area (Å²) in [6, 6.07) is 0.172. The maximum Gasteiger partial charge on any atom is 0.320 e. The molecule has 0 unspecified atom stereocenters. The van der Waals surface area contributed by atoms with Crippen LogP contribution < -0.4 is 0 Å². The molecule has 156 valence electrons. The van der Waals surface area contributed by atoms with E-state index < -0.39 is 11.6 Å². The number of amides is 2. The van der Waals surface area contributed by atoms with Crippen molar-refractivity contribution in [3.63, 3.8) is 0 Å². The molecule has 2 amide bonds. The smallest absolute Gasteiger partial charge is 0.320 e. The van der Waals surface area contributed by atoms with Crippen molar-refractivity contribution in [2.24, 2.45) is 23.7 Å². The van der Waals surface area contributed by atoms with Gasteiger partial charge >= 0.3 is 6.03 Å². The molecule has 3 aliphatic heterocycles. The normalized spacial score (nSPS) is 44.8. The highest BCUT2D eigenvalue weighted by molar-refractivity contribution is 5.74. The lowest BCUT2D eigenvalue weighted by molar-refractivity contribution is -0.390. The Hall–Kier alpha value is -0.890. The van der Waals surface area contributed by atoms with Crippen LogP contribution in [0.3, 0.4) is 0 Å². The van der Waals surface area contributed by atoms with Crippen molar-refractivity contribution in [1.82, 2.24) is 14.7 Å². The van der Waals surface area contributed by atoms with Gasteiger partial charge in [-0.25, -0.2) is 4.79 Å². The Bertz CT molecular complexity index is 612. The van der Waals surface area contributed by atoms with E-state index in [-0.39, 0.29) is 6.03 Å². The van der Waals surface area contributed by atoms with Gasteiger partial charge in [0.05, 0.1) is 0 Å². The molecule has 0 aromatic heterocycles. The maximum atomic E-state index is 12.9. The van der Waals surface area contributed by atoms with Gasteiger partial charge in [0.15, 0.2) is 0 Å².